The lowest BCUT2D eigenvalue weighted by Gasteiger charge is -2.15. The summed E-state index contributed by atoms with van der Waals surface area (Å²) < 4.78 is 30.3. The Hall–Kier alpha value is -2.02. The fraction of sp³-hybridized carbons (Fsp3) is 0.286. The van der Waals surface area contributed by atoms with Gasteiger partial charge in [-0.1, -0.05) is 6.07 Å². The van der Waals surface area contributed by atoms with Crippen molar-refractivity contribution in [3.63, 3.8) is 0 Å². The maximum Gasteiger partial charge on any atom is 0.256 e. The Morgan fingerprint density at radius 1 is 1.33 bits per heavy atom. The summed E-state index contributed by atoms with van der Waals surface area (Å²) >= 11 is 1.20. The van der Waals surface area contributed by atoms with Crippen LogP contribution in [0.2, 0.25) is 0 Å². The van der Waals surface area contributed by atoms with Gasteiger partial charge in [-0.15, -0.1) is 0 Å². The topological polar surface area (TPSA) is 54.0 Å². The summed E-state index contributed by atoms with van der Waals surface area (Å²) in [5, 5.41) is 6.34. The van der Waals surface area contributed by atoms with Gasteiger partial charge < -0.3 is 10.6 Å². The smallest absolute Gasteiger partial charge is 0.256 e. The number of aromatic nitrogens is 1. The summed E-state index contributed by atoms with van der Waals surface area (Å²) in [6.45, 7) is 3.45. The zero-order valence-corrected chi connectivity index (χ0v) is 12.6. The summed E-state index contributed by atoms with van der Waals surface area (Å²) in [5.41, 5.74) is 1.59. The minimum absolute atomic E-state index is 0.303. The lowest BCUT2D eigenvalue weighted by molar-refractivity contribution is 0.0940. The molecule has 1 heterocycles. The Morgan fingerprint density at radius 3 is 2.67 bits per heavy atom. The van der Waals surface area contributed by atoms with Crippen molar-refractivity contribution in [2.45, 2.75) is 19.9 Å². The van der Waals surface area contributed by atoms with Crippen LogP contribution in [0.5, 0.6) is 0 Å². The number of rotatable bonds is 4. The van der Waals surface area contributed by atoms with E-state index in [4.69, 9.17) is 0 Å². The first-order chi connectivity index (χ1) is 9.93. The summed E-state index contributed by atoms with van der Waals surface area (Å²) in [6, 6.07) is 3.12. The first-order valence-electron chi connectivity index (χ1n) is 6.34. The van der Waals surface area contributed by atoms with Crippen LogP contribution in [0.25, 0.3) is 0 Å². The maximum absolute atomic E-state index is 13.2. The molecule has 0 aliphatic heterocycles. The fourth-order valence-electron chi connectivity index (χ4n) is 1.94. The first-order valence-corrected chi connectivity index (χ1v) is 7.11. The van der Waals surface area contributed by atoms with Gasteiger partial charge in [0.2, 0.25) is 0 Å². The largest absolute Gasteiger partial charge is 0.378 e. The van der Waals surface area contributed by atoms with E-state index in [1.807, 2.05) is 0 Å². The van der Waals surface area contributed by atoms with Gasteiger partial charge in [0.15, 0.2) is 11.6 Å². The number of aryl methyl sites for hydroxylation is 1. The molecule has 21 heavy (non-hydrogen) atoms. The Bertz CT molecular complexity index is 672. The maximum atomic E-state index is 13.2. The van der Waals surface area contributed by atoms with E-state index in [1.54, 1.807) is 20.9 Å². The number of benzene rings is 1. The summed E-state index contributed by atoms with van der Waals surface area (Å²) in [4.78, 5) is 12.3. The highest BCUT2D eigenvalue weighted by molar-refractivity contribution is 7.10. The molecule has 2 N–H and O–H groups in total. The number of nitrogens with one attached hydrogen (secondary N) is 2. The third-order valence-electron chi connectivity index (χ3n) is 3.11. The van der Waals surface area contributed by atoms with Gasteiger partial charge in [-0.25, -0.2) is 8.78 Å². The monoisotopic (exact) mass is 311 g/mol. The van der Waals surface area contributed by atoms with Crippen molar-refractivity contribution in [3.8, 4) is 0 Å². The zero-order chi connectivity index (χ0) is 15.6. The normalized spacial score (nSPS) is 12.0. The third-order valence-corrected chi connectivity index (χ3v) is 4.06. The van der Waals surface area contributed by atoms with Gasteiger partial charge in [0.1, 0.15) is 5.00 Å². The SMILES string of the molecule is CNc1snc(C)c1C(=O)NC(C)c1ccc(F)c(F)c1. The second-order valence-corrected chi connectivity index (χ2v) is 5.36. The van der Waals surface area contributed by atoms with Crippen molar-refractivity contribution >= 4 is 22.4 Å². The van der Waals surface area contributed by atoms with Crippen LogP contribution in [0, 0.1) is 18.6 Å². The number of nitrogens with zero attached hydrogens (tertiary/aromatic N) is 1. The number of carbonyl (C=O) groups excluding carboxylic acids is 1. The average Bonchev–Trinajstić information content (AvgIpc) is 2.82. The minimum atomic E-state index is -0.933. The van der Waals surface area contributed by atoms with Gasteiger partial charge in [-0.3, -0.25) is 4.79 Å². The molecule has 1 aromatic heterocycles. The van der Waals surface area contributed by atoms with Crippen LogP contribution < -0.4 is 10.6 Å². The van der Waals surface area contributed by atoms with E-state index in [9.17, 15) is 13.6 Å². The second kappa shape index (κ2) is 6.17. The lowest BCUT2D eigenvalue weighted by Crippen LogP contribution is -2.27. The van der Waals surface area contributed by atoms with Crippen molar-refractivity contribution in [3.05, 3.63) is 46.7 Å². The zero-order valence-electron chi connectivity index (χ0n) is 11.8. The van der Waals surface area contributed by atoms with E-state index in [0.717, 1.165) is 12.1 Å². The highest BCUT2D eigenvalue weighted by atomic mass is 32.1. The summed E-state index contributed by atoms with van der Waals surface area (Å²) in [6.07, 6.45) is 0. The molecular weight excluding hydrogens is 296 g/mol. The van der Waals surface area contributed by atoms with Crippen LogP contribution in [-0.4, -0.2) is 17.3 Å². The van der Waals surface area contributed by atoms with Crippen LogP contribution in [0.1, 0.15) is 34.6 Å². The molecule has 0 fully saturated rings. The van der Waals surface area contributed by atoms with Gasteiger partial charge in [-0.2, -0.15) is 4.37 Å². The molecule has 1 amide bonds. The van der Waals surface area contributed by atoms with Crippen molar-refractivity contribution < 1.29 is 13.6 Å². The molecule has 0 saturated carbocycles. The number of anilines is 1. The van der Waals surface area contributed by atoms with Crippen LogP contribution in [0.15, 0.2) is 18.2 Å². The Balaban J connectivity index is 2.18. The second-order valence-electron chi connectivity index (χ2n) is 4.59. The van der Waals surface area contributed by atoms with Gasteiger partial charge in [-0.05, 0) is 43.1 Å². The van der Waals surface area contributed by atoms with E-state index in [1.165, 1.54) is 17.6 Å². The van der Waals surface area contributed by atoms with E-state index in [2.05, 4.69) is 15.0 Å². The number of amides is 1. The minimum Gasteiger partial charge on any atom is -0.378 e. The predicted octanol–water partition coefficient (Wildman–Crippen LogP) is 3.26. The number of hydrogen-bond acceptors (Lipinski definition) is 4. The molecule has 0 spiro atoms. The molecule has 4 nitrogen and oxygen atoms in total. The molecule has 2 rings (SSSR count). The van der Waals surface area contributed by atoms with Crippen LogP contribution in [0.3, 0.4) is 0 Å². The van der Waals surface area contributed by atoms with E-state index >= 15 is 0 Å². The third kappa shape index (κ3) is 3.18. The Morgan fingerprint density at radius 2 is 2.05 bits per heavy atom. The first kappa shape index (κ1) is 15.4. The molecule has 1 unspecified atom stereocenters. The quantitative estimate of drug-likeness (QED) is 0.911. The highest BCUT2D eigenvalue weighted by Gasteiger charge is 2.20. The Kier molecular flexibility index (Phi) is 4.52. The molecule has 0 radical (unpaired) electrons. The van der Waals surface area contributed by atoms with Crippen molar-refractivity contribution in [2.24, 2.45) is 0 Å². The molecule has 0 bridgehead atoms. The van der Waals surface area contributed by atoms with Gasteiger partial charge in [0.25, 0.3) is 5.91 Å². The predicted molar refractivity (Wildman–Crippen MR) is 78.6 cm³/mol. The molecule has 0 aliphatic rings. The number of hydrogen-bond donors (Lipinski definition) is 2. The highest BCUT2D eigenvalue weighted by Crippen LogP contribution is 2.25. The van der Waals surface area contributed by atoms with Crippen LogP contribution in [-0.2, 0) is 0 Å². The lowest BCUT2D eigenvalue weighted by atomic mass is 10.1. The number of halogens is 2. The summed E-state index contributed by atoms with van der Waals surface area (Å²) in [5.74, 6) is -2.15. The standard InChI is InChI=1S/C14H15F2N3OS/c1-7(9-4-5-10(15)11(16)6-9)18-13(20)12-8(2)19-21-14(12)17-3/h4-7,17H,1-3H3,(H,18,20). The van der Waals surface area contributed by atoms with Gasteiger partial charge in [0.05, 0.1) is 17.3 Å². The molecule has 1 atom stereocenters. The van der Waals surface area contributed by atoms with Gasteiger partial charge >= 0.3 is 0 Å². The van der Waals surface area contributed by atoms with Crippen LogP contribution >= 0.6 is 11.5 Å². The average molecular weight is 311 g/mol. The van der Waals surface area contributed by atoms with E-state index in [-0.39, 0.29) is 5.91 Å². The summed E-state index contributed by atoms with van der Waals surface area (Å²) in [7, 11) is 1.71. The van der Waals surface area contributed by atoms with E-state index in [0.29, 0.717) is 21.8 Å². The molecule has 7 heteroatoms. The van der Waals surface area contributed by atoms with E-state index < -0.39 is 17.7 Å². The molecule has 0 saturated heterocycles. The molecular formula is C14H15F2N3OS. The molecule has 1 aromatic carbocycles. The van der Waals surface area contributed by atoms with Crippen molar-refractivity contribution in [1.29, 1.82) is 0 Å². The van der Waals surface area contributed by atoms with Gasteiger partial charge in [0, 0.05) is 7.05 Å². The van der Waals surface area contributed by atoms with Crippen molar-refractivity contribution in [1.82, 2.24) is 9.69 Å². The molecule has 112 valence electrons. The fourth-order valence-corrected chi connectivity index (χ4v) is 2.68. The van der Waals surface area contributed by atoms with Crippen LogP contribution in [0.4, 0.5) is 13.8 Å². The molecule has 2 aromatic rings. The van der Waals surface area contributed by atoms with Crippen molar-refractivity contribution in [2.75, 3.05) is 12.4 Å². The Labute approximate surface area is 125 Å². The number of carbonyl (C=O) groups is 1. The molecule has 0 aliphatic carbocycles.